The van der Waals surface area contributed by atoms with Crippen molar-refractivity contribution in [2.24, 2.45) is 0 Å². The second kappa shape index (κ2) is 5.21. The maximum absolute atomic E-state index is 12.7. The van der Waals surface area contributed by atoms with Crippen molar-refractivity contribution in [3.63, 3.8) is 0 Å². The highest BCUT2D eigenvalue weighted by Gasteiger charge is 2.35. The van der Waals surface area contributed by atoms with Crippen molar-refractivity contribution in [2.75, 3.05) is 44.2 Å². The van der Waals surface area contributed by atoms with Crippen molar-refractivity contribution < 1.29 is 13.2 Å². The Balaban J connectivity index is 1.62. The Morgan fingerprint density at radius 2 is 1.90 bits per heavy atom. The van der Waals surface area contributed by atoms with Crippen molar-refractivity contribution in [1.82, 2.24) is 15.2 Å². The number of alkyl halides is 3. The SMILES string of the molecule is FC(F)(F)c1ccnc(N2CC(N3CCNCC3)C2)c1. The molecule has 4 nitrogen and oxygen atoms in total. The minimum absolute atomic E-state index is 0.422. The number of hydrogen-bond acceptors (Lipinski definition) is 4. The maximum atomic E-state index is 12.7. The number of pyridine rings is 1. The molecule has 2 saturated heterocycles. The molecule has 3 rings (SSSR count). The normalized spacial score (nSPS) is 21.9. The first-order valence-electron chi connectivity index (χ1n) is 6.77. The smallest absolute Gasteiger partial charge is 0.353 e. The van der Waals surface area contributed by atoms with Gasteiger partial charge in [0.15, 0.2) is 0 Å². The molecular formula is C13H17F3N4. The molecule has 0 amide bonds. The van der Waals surface area contributed by atoms with E-state index < -0.39 is 11.7 Å². The Bertz CT molecular complexity index is 465. The van der Waals surface area contributed by atoms with Gasteiger partial charge < -0.3 is 10.2 Å². The van der Waals surface area contributed by atoms with Crippen molar-refractivity contribution >= 4 is 5.82 Å². The van der Waals surface area contributed by atoms with E-state index in [-0.39, 0.29) is 0 Å². The van der Waals surface area contributed by atoms with E-state index in [2.05, 4.69) is 15.2 Å². The van der Waals surface area contributed by atoms with E-state index in [0.29, 0.717) is 11.9 Å². The molecule has 0 aliphatic carbocycles. The van der Waals surface area contributed by atoms with E-state index >= 15 is 0 Å². The molecule has 1 N–H and O–H groups in total. The van der Waals surface area contributed by atoms with Gasteiger partial charge in [-0.2, -0.15) is 13.2 Å². The topological polar surface area (TPSA) is 31.4 Å². The summed E-state index contributed by atoms with van der Waals surface area (Å²) in [5.41, 5.74) is -0.631. The third-order valence-electron chi connectivity index (χ3n) is 3.93. The van der Waals surface area contributed by atoms with Gasteiger partial charge in [-0.1, -0.05) is 0 Å². The van der Waals surface area contributed by atoms with Crippen LogP contribution in [0.1, 0.15) is 5.56 Å². The molecule has 0 atom stereocenters. The van der Waals surface area contributed by atoms with Crippen molar-refractivity contribution in [2.45, 2.75) is 12.2 Å². The lowest BCUT2D eigenvalue weighted by molar-refractivity contribution is -0.137. The number of nitrogens with zero attached hydrogens (tertiary/aromatic N) is 3. The van der Waals surface area contributed by atoms with Crippen molar-refractivity contribution in [3.8, 4) is 0 Å². The molecule has 0 unspecified atom stereocenters. The van der Waals surface area contributed by atoms with Gasteiger partial charge in [0.05, 0.1) is 5.56 Å². The van der Waals surface area contributed by atoms with Crippen LogP contribution in [-0.4, -0.2) is 55.2 Å². The summed E-state index contributed by atoms with van der Waals surface area (Å²) >= 11 is 0. The molecule has 110 valence electrons. The first-order chi connectivity index (χ1) is 9.54. The monoisotopic (exact) mass is 286 g/mol. The molecule has 2 fully saturated rings. The van der Waals surface area contributed by atoms with Crippen LogP contribution in [-0.2, 0) is 6.18 Å². The Hall–Kier alpha value is -1.34. The van der Waals surface area contributed by atoms with Gasteiger partial charge in [0.1, 0.15) is 5.82 Å². The van der Waals surface area contributed by atoms with Gasteiger partial charge >= 0.3 is 6.18 Å². The predicted molar refractivity (Wildman–Crippen MR) is 69.7 cm³/mol. The zero-order valence-corrected chi connectivity index (χ0v) is 11.0. The Morgan fingerprint density at radius 3 is 2.55 bits per heavy atom. The predicted octanol–water partition coefficient (Wildman–Crippen LogP) is 1.19. The lowest BCUT2D eigenvalue weighted by atomic mass is 10.1. The minimum atomic E-state index is -4.31. The third-order valence-corrected chi connectivity index (χ3v) is 3.93. The number of halogens is 3. The average Bonchev–Trinajstić information content (AvgIpc) is 2.38. The molecule has 0 saturated carbocycles. The maximum Gasteiger partial charge on any atom is 0.416 e. The minimum Gasteiger partial charge on any atom is -0.353 e. The number of rotatable bonds is 2. The van der Waals surface area contributed by atoms with Gasteiger partial charge in [0.2, 0.25) is 0 Å². The molecule has 1 aromatic rings. The van der Waals surface area contributed by atoms with Gasteiger partial charge in [-0.15, -0.1) is 0 Å². The van der Waals surface area contributed by atoms with E-state index in [9.17, 15) is 13.2 Å². The number of aromatic nitrogens is 1. The Labute approximate surface area is 115 Å². The fourth-order valence-corrected chi connectivity index (χ4v) is 2.69. The summed E-state index contributed by atoms with van der Waals surface area (Å²) in [5.74, 6) is 0.422. The van der Waals surface area contributed by atoms with Gasteiger partial charge in [0, 0.05) is 51.5 Å². The molecular weight excluding hydrogens is 269 g/mol. The Morgan fingerprint density at radius 1 is 1.20 bits per heavy atom. The van der Waals surface area contributed by atoms with Crippen molar-refractivity contribution in [1.29, 1.82) is 0 Å². The van der Waals surface area contributed by atoms with Gasteiger partial charge in [0.25, 0.3) is 0 Å². The zero-order chi connectivity index (χ0) is 14.2. The van der Waals surface area contributed by atoms with Crippen LogP contribution in [0.25, 0.3) is 0 Å². The highest BCUT2D eigenvalue weighted by molar-refractivity contribution is 5.45. The number of hydrogen-bond donors (Lipinski definition) is 1. The fraction of sp³-hybridized carbons (Fsp3) is 0.615. The second-order valence-corrected chi connectivity index (χ2v) is 5.25. The molecule has 0 spiro atoms. The summed E-state index contributed by atoms with van der Waals surface area (Å²) in [7, 11) is 0. The molecule has 0 bridgehead atoms. The van der Waals surface area contributed by atoms with Crippen LogP contribution in [0, 0.1) is 0 Å². The van der Waals surface area contributed by atoms with Gasteiger partial charge in [-0.05, 0) is 12.1 Å². The lowest BCUT2D eigenvalue weighted by Gasteiger charge is -2.47. The average molecular weight is 286 g/mol. The van der Waals surface area contributed by atoms with E-state index in [1.807, 2.05) is 4.90 Å². The largest absolute Gasteiger partial charge is 0.416 e. The zero-order valence-electron chi connectivity index (χ0n) is 11.0. The van der Waals surface area contributed by atoms with Crippen molar-refractivity contribution in [3.05, 3.63) is 23.9 Å². The first-order valence-corrected chi connectivity index (χ1v) is 6.77. The summed E-state index contributed by atoms with van der Waals surface area (Å²) in [6, 6.07) is 2.58. The second-order valence-electron chi connectivity index (χ2n) is 5.25. The molecule has 0 aromatic carbocycles. The number of nitrogens with one attached hydrogen (secondary N) is 1. The fourth-order valence-electron chi connectivity index (χ4n) is 2.69. The summed E-state index contributed by atoms with van der Waals surface area (Å²) in [6.45, 7) is 5.50. The van der Waals surface area contributed by atoms with Crippen LogP contribution < -0.4 is 10.2 Å². The highest BCUT2D eigenvalue weighted by atomic mass is 19.4. The van der Waals surface area contributed by atoms with E-state index in [4.69, 9.17) is 0 Å². The van der Waals surface area contributed by atoms with Crippen LogP contribution in [0.4, 0.5) is 19.0 Å². The Kier molecular flexibility index (Phi) is 3.55. The summed E-state index contributed by atoms with van der Waals surface area (Å²) < 4.78 is 38.0. The third kappa shape index (κ3) is 2.73. The van der Waals surface area contributed by atoms with Crippen LogP contribution in [0.2, 0.25) is 0 Å². The quantitative estimate of drug-likeness (QED) is 0.885. The van der Waals surface area contributed by atoms with Crippen LogP contribution in [0.3, 0.4) is 0 Å². The van der Waals surface area contributed by atoms with Crippen LogP contribution >= 0.6 is 0 Å². The highest BCUT2D eigenvalue weighted by Crippen LogP contribution is 2.32. The standard InChI is InChI=1S/C13H17F3N4/c14-13(15,16)10-1-2-18-12(7-10)20-8-11(9-20)19-5-3-17-4-6-19/h1-2,7,11,17H,3-6,8-9H2. The first kappa shape index (κ1) is 13.6. The van der Waals surface area contributed by atoms with Crippen LogP contribution in [0.5, 0.6) is 0 Å². The van der Waals surface area contributed by atoms with E-state index in [0.717, 1.165) is 51.4 Å². The van der Waals surface area contributed by atoms with E-state index in [1.165, 1.54) is 6.20 Å². The lowest BCUT2D eigenvalue weighted by Crippen LogP contribution is -2.63. The van der Waals surface area contributed by atoms with Crippen LogP contribution in [0.15, 0.2) is 18.3 Å². The molecule has 3 heterocycles. The molecule has 20 heavy (non-hydrogen) atoms. The number of anilines is 1. The molecule has 2 aliphatic heterocycles. The molecule has 1 aromatic heterocycles. The summed E-state index contributed by atoms with van der Waals surface area (Å²) in [5, 5.41) is 3.29. The molecule has 7 heteroatoms. The van der Waals surface area contributed by atoms with Gasteiger partial charge in [-0.25, -0.2) is 4.98 Å². The summed E-state index contributed by atoms with van der Waals surface area (Å²) in [4.78, 5) is 8.34. The van der Waals surface area contributed by atoms with E-state index in [1.54, 1.807) is 0 Å². The van der Waals surface area contributed by atoms with Gasteiger partial charge in [-0.3, -0.25) is 4.90 Å². The molecule has 0 radical (unpaired) electrons. The number of piperazine rings is 1. The summed E-state index contributed by atoms with van der Waals surface area (Å²) in [6.07, 6.45) is -3.07. The molecule has 2 aliphatic rings.